The summed E-state index contributed by atoms with van der Waals surface area (Å²) in [6.45, 7) is 5.93. The van der Waals surface area contributed by atoms with Gasteiger partial charge in [-0.15, -0.1) is 11.3 Å². The van der Waals surface area contributed by atoms with Gasteiger partial charge in [0.1, 0.15) is 0 Å². The molecule has 1 atom stereocenters. The molecule has 0 aliphatic carbocycles. The smallest absolute Gasteiger partial charge is 0.0329 e. The van der Waals surface area contributed by atoms with Crippen molar-refractivity contribution in [3.05, 3.63) is 20.8 Å². The topological polar surface area (TPSA) is 3.24 Å². The number of rotatable bonds is 3. The lowest BCUT2D eigenvalue weighted by molar-refractivity contribution is 0.275. The van der Waals surface area contributed by atoms with Crippen molar-refractivity contribution in [3.8, 4) is 0 Å². The summed E-state index contributed by atoms with van der Waals surface area (Å²) in [5.41, 5.74) is 0. The molecule has 1 aliphatic rings. The van der Waals surface area contributed by atoms with Crippen molar-refractivity contribution in [2.75, 3.05) is 18.8 Å². The first-order valence-corrected chi connectivity index (χ1v) is 8.07. The number of hydrogen-bond acceptors (Lipinski definition) is 3. The summed E-state index contributed by atoms with van der Waals surface area (Å²) >= 11 is 7.50. The maximum atomic E-state index is 3.51. The summed E-state index contributed by atoms with van der Waals surface area (Å²) in [4.78, 5) is 4.06. The van der Waals surface area contributed by atoms with E-state index < -0.39 is 0 Å². The van der Waals surface area contributed by atoms with Gasteiger partial charge >= 0.3 is 0 Å². The van der Waals surface area contributed by atoms with Crippen LogP contribution in [0.5, 0.6) is 0 Å². The molecular weight excluding hydrogens is 290 g/mol. The molecular formula is C11H16BrNS2. The summed E-state index contributed by atoms with van der Waals surface area (Å²) in [6, 6.07) is 2.24. The molecule has 0 spiro atoms. The van der Waals surface area contributed by atoms with Crippen LogP contribution in [0.3, 0.4) is 0 Å². The molecule has 1 aromatic heterocycles. The molecule has 0 amide bonds. The Kier molecular flexibility index (Phi) is 4.55. The second kappa shape index (κ2) is 5.71. The molecule has 2 heterocycles. The SMILES string of the molecule is CCC1CN(Cc2cc(Br)cs2)CCS1. The Morgan fingerprint density at radius 2 is 2.47 bits per heavy atom. The first-order valence-electron chi connectivity index (χ1n) is 5.35. The third kappa shape index (κ3) is 3.48. The average Bonchev–Trinajstić information content (AvgIpc) is 2.64. The highest BCUT2D eigenvalue weighted by atomic mass is 79.9. The molecule has 84 valence electrons. The van der Waals surface area contributed by atoms with Gasteiger partial charge < -0.3 is 0 Å². The summed E-state index contributed by atoms with van der Waals surface area (Å²) in [5, 5.41) is 3.02. The van der Waals surface area contributed by atoms with E-state index in [4.69, 9.17) is 0 Å². The van der Waals surface area contributed by atoms with Crippen LogP contribution in [-0.2, 0) is 6.54 Å². The maximum Gasteiger partial charge on any atom is 0.0329 e. The Labute approximate surface area is 108 Å². The van der Waals surface area contributed by atoms with Crippen molar-refractivity contribution in [3.63, 3.8) is 0 Å². The minimum Gasteiger partial charge on any atom is -0.296 e. The molecule has 1 saturated heterocycles. The molecule has 2 rings (SSSR count). The monoisotopic (exact) mass is 305 g/mol. The zero-order valence-corrected chi connectivity index (χ0v) is 12.1. The van der Waals surface area contributed by atoms with Crippen LogP contribution in [0, 0.1) is 0 Å². The normalized spacial score (nSPS) is 23.2. The molecule has 1 fully saturated rings. The van der Waals surface area contributed by atoms with Gasteiger partial charge in [0.15, 0.2) is 0 Å². The maximum absolute atomic E-state index is 3.51. The first-order chi connectivity index (χ1) is 7.28. The lowest BCUT2D eigenvalue weighted by atomic mass is 10.3. The molecule has 15 heavy (non-hydrogen) atoms. The van der Waals surface area contributed by atoms with E-state index in [9.17, 15) is 0 Å². The molecule has 1 aliphatic heterocycles. The molecule has 1 nitrogen and oxygen atoms in total. The number of hydrogen-bond donors (Lipinski definition) is 0. The molecule has 4 heteroatoms. The second-order valence-corrected chi connectivity index (χ2v) is 7.19. The number of nitrogens with zero attached hydrogens (tertiary/aromatic N) is 1. The van der Waals surface area contributed by atoms with Crippen molar-refractivity contribution in [1.29, 1.82) is 0 Å². The van der Waals surface area contributed by atoms with Gasteiger partial charge in [-0.05, 0) is 28.4 Å². The number of thioether (sulfide) groups is 1. The fourth-order valence-electron chi connectivity index (χ4n) is 1.83. The third-order valence-corrected chi connectivity index (χ3v) is 5.73. The highest BCUT2D eigenvalue weighted by Crippen LogP contribution is 2.25. The van der Waals surface area contributed by atoms with Crippen LogP contribution >= 0.6 is 39.0 Å². The zero-order chi connectivity index (χ0) is 10.7. The molecule has 1 aromatic rings. The van der Waals surface area contributed by atoms with Gasteiger partial charge in [-0.2, -0.15) is 11.8 Å². The van der Waals surface area contributed by atoms with Crippen LogP contribution in [0.4, 0.5) is 0 Å². The van der Waals surface area contributed by atoms with Crippen LogP contribution in [0.2, 0.25) is 0 Å². The third-order valence-electron chi connectivity index (χ3n) is 2.68. The first kappa shape index (κ1) is 12.0. The Morgan fingerprint density at radius 3 is 3.13 bits per heavy atom. The fourth-order valence-corrected chi connectivity index (χ4v) is 4.57. The lowest BCUT2D eigenvalue weighted by Crippen LogP contribution is -2.36. The molecule has 0 bridgehead atoms. The van der Waals surface area contributed by atoms with Crippen molar-refractivity contribution in [2.45, 2.75) is 25.1 Å². The minimum absolute atomic E-state index is 0.849. The van der Waals surface area contributed by atoms with Gasteiger partial charge in [0.05, 0.1) is 0 Å². The highest BCUT2D eigenvalue weighted by Gasteiger charge is 2.19. The fraction of sp³-hybridized carbons (Fsp3) is 0.636. The van der Waals surface area contributed by atoms with E-state index in [1.54, 1.807) is 0 Å². The van der Waals surface area contributed by atoms with Crippen LogP contribution in [0.1, 0.15) is 18.2 Å². The summed E-state index contributed by atoms with van der Waals surface area (Å²) in [6.07, 6.45) is 1.30. The summed E-state index contributed by atoms with van der Waals surface area (Å²) in [5.74, 6) is 1.30. The summed E-state index contributed by atoms with van der Waals surface area (Å²) < 4.78 is 1.22. The van der Waals surface area contributed by atoms with Crippen molar-refractivity contribution >= 4 is 39.0 Å². The van der Waals surface area contributed by atoms with E-state index >= 15 is 0 Å². The van der Waals surface area contributed by atoms with Gasteiger partial charge in [0, 0.05) is 45.4 Å². The predicted molar refractivity (Wildman–Crippen MR) is 73.8 cm³/mol. The van der Waals surface area contributed by atoms with E-state index in [1.165, 1.54) is 34.6 Å². The van der Waals surface area contributed by atoms with Crippen molar-refractivity contribution in [1.82, 2.24) is 4.90 Å². The molecule has 0 radical (unpaired) electrons. The van der Waals surface area contributed by atoms with Crippen molar-refractivity contribution in [2.24, 2.45) is 0 Å². The molecule has 0 saturated carbocycles. The lowest BCUT2D eigenvalue weighted by Gasteiger charge is -2.31. The van der Waals surface area contributed by atoms with Crippen LogP contribution < -0.4 is 0 Å². The Bertz CT molecular complexity index is 313. The van der Waals surface area contributed by atoms with E-state index in [1.807, 2.05) is 11.3 Å². The van der Waals surface area contributed by atoms with Gasteiger partial charge in [-0.1, -0.05) is 6.92 Å². The van der Waals surface area contributed by atoms with E-state index in [2.05, 4.69) is 51.0 Å². The largest absolute Gasteiger partial charge is 0.296 e. The van der Waals surface area contributed by atoms with E-state index in [-0.39, 0.29) is 0 Å². The number of thiophene rings is 1. The predicted octanol–water partition coefficient (Wildman–Crippen LogP) is 3.84. The minimum atomic E-state index is 0.849. The standard InChI is InChI=1S/C11H16BrNS2/c1-2-10-6-13(3-4-14-10)7-11-5-9(12)8-15-11/h5,8,10H,2-4,6-7H2,1H3. The van der Waals surface area contributed by atoms with Gasteiger partial charge in [0.25, 0.3) is 0 Å². The number of halogens is 1. The molecule has 0 N–H and O–H groups in total. The quantitative estimate of drug-likeness (QED) is 0.835. The van der Waals surface area contributed by atoms with E-state index in [0.29, 0.717) is 0 Å². The van der Waals surface area contributed by atoms with Gasteiger partial charge in [0.2, 0.25) is 0 Å². The summed E-state index contributed by atoms with van der Waals surface area (Å²) in [7, 11) is 0. The molecule has 0 aromatic carbocycles. The van der Waals surface area contributed by atoms with Crippen LogP contribution in [0.25, 0.3) is 0 Å². The Hall–Kier alpha value is 0.490. The van der Waals surface area contributed by atoms with E-state index in [0.717, 1.165) is 11.8 Å². The Balaban J connectivity index is 1.88. The van der Waals surface area contributed by atoms with Gasteiger partial charge in [-0.25, -0.2) is 0 Å². The van der Waals surface area contributed by atoms with Gasteiger partial charge in [-0.3, -0.25) is 4.90 Å². The highest BCUT2D eigenvalue weighted by molar-refractivity contribution is 9.10. The Morgan fingerprint density at radius 1 is 1.60 bits per heavy atom. The molecule has 1 unspecified atom stereocenters. The van der Waals surface area contributed by atoms with Crippen LogP contribution in [0.15, 0.2) is 15.9 Å². The van der Waals surface area contributed by atoms with Crippen LogP contribution in [-0.4, -0.2) is 29.0 Å². The average molecular weight is 306 g/mol. The zero-order valence-electron chi connectivity index (χ0n) is 8.91. The second-order valence-electron chi connectivity index (χ2n) is 3.87. The van der Waals surface area contributed by atoms with Crippen molar-refractivity contribution < 1.29 is 0 Å².